The van der Waals surface area contributed by atoms with Crippen LogP contribution in [0.1, 0.15) is 24.3 Å². The fourth-order valence-electron chi connectivity index (χ4n) is 2.49. The third-order valence-electron chi connectivity index (χ3n) is 3.80. The fraction of sp³-hybridized carbons (Fsp3) is 0.600. The van der Waals surface area contributed by atoms with Crippen molar-refractivity contribution in [3.63, 3.8) is 0 Å². The molecular formula is C15H22ClNO2. The van der Waals surface area contributed by atoms with Gasteiger partial charge in [0.05, 0.1) is 12.7 Å². The molecule has 0 bridgehead atoms. The van der Waals surface area contributed by atoms with E-state index in [4.69, 9.17) is 21.1 Å². The highest BCUT2D eigenvalue weighted by Gasteiger charge is 2.30. The zero-order chi connectivity index (χ0) is 13.7. The zero-order valence-electron chi connectivity index (χ0n) is 11.6. The number of halogens is 1. The van der Waals surface area contributed by atoms with Gasteiger partial charge in [-0.15, -0.1) is 0 Å². The molecule has 1 atom stereocenters. The van der Waals surface area contributed by atoms with E-state index >= 15 is 0 Å². The molecule has 3 nitrogen and oxygen atoms in total. The Morgan fingerprint density at radius 2 is 1.95 bits per heavy atom. The zero-order valence-corrected chi connectivity index (χ0v) is 12.3. The second kappa shape index (κ2) is 7.25. The predicted molar refractivity (Wildman–Crippen MR) is 77.9 cm³/mol. The molecule has 0 heterocycles. The van der Waals surface area contributed by atoms with Crippen molar-refractivity contribution in [2.75, 3.05) is 27.4 Å². The number of nitrogens with one attached hydrogen (secondary N) is 1. The maximum atomic E-state index is 5.90. The average Bonchev–Trinajstić information content (AvgIpc) is 2.37. The highest BCUT2D eigenvalue weighted by Crippen LogP contribution is 2.37. The minimum atomic E-state index is 0.139. The quantitative estimate of drug-likeness (QED) is 0.835. The van der Waals surface area contributed by atoms with Gasteiger partial charge in [0.15, 0.2) is 0 Å². The van der Waals surface area contributed by atoms with Crippen molar-refractivity contribution in [2.45, 2.75) is 30.9 Å². The van der Waals surface area contributed by atoms with Crippen LogP contribution in [0.2, 0.25) is 5.02 Å². The van der Waals surface area contributed by atoms with Crippen molar-refractivity contribution >= 4 is 11.6 Å². The lowest BCUT2D eigenvalue weighted by atomic mass is 9.76. The smallest absolute Gasteiger partial charge is 0.0928 e. The second-order valence-electron chi connectivity index (χ2n) is 5.14. The van der Waals surface area contributed by atoms with Crippen molar-refractivity contribution in [3.8, 4) is 0 Å². The van der Waals surface area contributed by atoms with E-state index in [2.05, 4.69) is 17.4 Å². The van der Waals surface area contributed by atoms with Gasteiger partial charge in [-0.25, -0.2) is 0 Å². The summed E-state index contributed by atoms with van der Waals surface area (Å²) in [4.78, 5) is 0. The van der Waals surface area contributed by atoms with Crippen molar-refractivity contribution in [3.05, 3.63) is 34.9 Å². The first-order valence-corrected chi connectivity index (χ1v) is 7.11. The van der Waals surface area contributed by atoms with Gasteiger partial charge in [0.2, 0.25) is 0 Å². The summed E-state index contributed by atoms with van der Waals surface area (Å²) in [6.07, 6.45) is 2.51. The molecular weight excluding hydrogens is 262 g/mol. The van der Waals surface area contributed by atoms with E-state index in [1.807, 2.05) is 12.1 Å². The maximum absolute atomic E-state index is 5.90. The van der Waals surface area contributed by atoms with Gasteiger partial charge in [0.1, 0.15) is 0 Å². The summed E-state index contributed by atoms with van der Waals surface area (Å²) in [6.45, 7) is 1.49. The molecule has 1 aliphatic carbocycles. The van der Waals surface area contributed by atoms with Crippen LogP contribution in [0.15, 0.2) is 24.3 Å². The van der Waals surface area contributed by atoms with E-state index < -0.39 is 0 Å². The first kappa shape index (κ1) is 14.8. The van der Waals surface area contributed by atoms with E-state index in [1.165, 1.54) is 18.4 Å². The van der Waals surface area contributed by atoms with Gasteiger partial charge in [-0.2, -0.15) is 0 Å². The number of methoxy groups -OCH3 is 2. The summed E-state index contributed by atoms with van der Waals surface area (Å²) in [6, 6.07) is 8.79. The van der Waals surface area contributed by atoms with E-state index in [9.17, 15) is 0 Å². The van der Waals surface area contributed by atoms with Crippen molar-refractivity contribution in [1.82, 2.24) is 5.32 Å². The molecule has 19 heavy (non-hydrogen) atoms. The molecule has 106 valence electrons. The Morgan fingerprint density at radius 3 is 2.53 bits per heavy atom. The topological polar surface area (TPSA) is 30.5 Å². The van der Waals surface area contributed by atoms with Gasteiger partial charge in [-0.3, -0.25) is 0 Å². The third-order valence-corrected chi connectivity index (χ3v) is 4.05. The first-order chi connectivity index (χ1) is 9.22. The molecule has 1 saturated carbocycles. The summed E-state index contributed by atoms with van der Waals surface area (Å²) in [5.41, 5.74) is 1.39. The molecule has 1 aliphatic rings. The Morgan fingerprint density at radius 1 is 1.26 bits per heavy atom. The highest BCUT2D eigenvalue weighted by molar-refractivity contribution is 6.30. The molecule has 2 rings (SSSR count). The lowest BCUT2D eigenvalue weighted by molar-refractivity contribution is 0.0251. The van der Waals surface area contributed by atoms with Gasteiger partial charge < -0.3 is 14.8 Å². The van der Waals surface area contributed by atoms with Crippen LogP contribution in [0, 0.1) is 0 Å². The normalized spacial score (nSPS) is 23.9. The van der Waals surface area contributed by atoms with E-state index in [0.29, 0.717) is 18.6 Å². The van der Waals surface area contributed by atoms with Crippen molar-refractivity contribution < 1.29 is 9.47 Å². The van der Waals surface area contributed by atoms with Gasteiger partial charge in [0.25, 0.3) is 0 Å². The molecule has 0 radical (unpaired) electrons. The first-order valence-electron chi connectivity index (χ1n) is 6.73. The number of hydrogen-bond donors (Lipinski definition) is 1. The van der Waals surface area contributed by atoms with Crippen molar-refractivity contribution in [2.24, 2.45) is 0 Å². The number of ether oxygens (including phenoxy) is 2. The van der Waals surface area contributed by atoms with Crippen LogP contribution in [0.5, 0.6) is 0 Å². The Balaban J connectivity index is 1.70. The minimum absolute atomic E-state index is 0.139. The molecule has 4 heteroatoms. The summed E-state index contributed by atoms with van der Waals surface area (Å²) in [5.74, 6) is 0.665. The number of rotatable bonds is 7. The third kappa shape index (κ3) is 4.18. The summed E-state index contributed by atoms with van der Waals surface area (Å²) < 4.78 is 10.4. The molecule has 1 unspecified atom stereocenters. The Labute approximate surface area is 120 Å². The molecule has 0 aromatic heterocycles. The highest BCUT2D eigenvalue weighted by atomic mass is 35.5. The standard InChI is InChI=1S/C15H22ClNO2/c1-18-10-15(19-2)9-17-14-7-12(8-14)11-3-5-13(16)6-4-11/h3-6,12,14-15,17H,7-10H2,1-2H3. The van der Waals surface area contributed by atoms with Gasteiger partial charge in [0, 0.05) is 31.8 Å². The van der Waals surface area contributed by atoms with Gasteiger partial charge >= 0.3 is 0 Å². The van der Waals surface area contributed by atoms with E-state index in [-0.39, 0.29) is 6.10 Å². The van der Waals surface area contributed by atoms with Crippen molar-refractivity contribution in [1.29, 1.82) is 0 Å². The molecule has 0 spiro atoms. The molecule has 1 N–H and O–H groups in total. The number of hydrogen-bond acceptors (Lipinski definition) is 3. The summed E-state index contributed by atoms with van der Waals surface area (Å²) in [7, 11) is 3.43. The summed E-state index contributed by atoms with van der Waals surface area (Å²) in [5, 5.41) is 4.34. The fourth-order valence-corrected chi connectivity index (χ4v) is 2.61. The molecule has 1 aromatic carbocycles. The average molecular weight is 284 g/mol. The van der Waals surface area contributed by atoms with Crippen LogP contribution in [0.25, 0.3) is 0 Å². The second-order valence-corrected chi connectivity index (χ2v) is 5.57. The molecule has 0 aliphatic heterocycles. The van der Waals surface area contributed by atoms with Crippen LogP contribution in [-0.2, 0) is 9.47 Å². The molecule has 1 aromatic rings. The van der Waals surface area contributed by atoms with E-state index in [1.54, 1.807) is 14.2 Å². The number of benzene rings is 1. The SMILES string of the molecule is COCC(CNC1CC(c2ccc(Cl)cc2)C1)OC. The lowest BCUT2D eigenvalue weighted by Crippen LogP contribution is -2.44. The van der Waals surface area contributed by atoms with Crippen LogP contribution in [-0.4, -0.2) is 39.5 Å². The predicted octanol–water partition coefficient (Wildman–Crippen LogP) is 2.84. The maximum Gasteiger partial charge on any atom is 0.0928 e. The lowest BCUT2D eigenvalue weighted by Gasteiger charge is -2.37. The van der Waals surface area contributed by atoms with Crippen LogP contribution in [0.3, 0.4) is 0 Å². The molecule has 1 fully saturated rings. The molecule has 0 amide bonds. The van der Waals surface area contributed by atoms with Crippen LogP contribution in [0.4, 0.5) is 0 Å². The van der Waals surface area contributed by atoms with E-state index in [0.717, 1.165) is 11.6 Å². The Kier molecular flexibility index (Phi) is 5.64. The Hall–Kier alpha value is -0.610. The van der Waals surface area contributed by atoms with Crippen LogP contribution >= 0.6 is 11.6 Å². The largest absolute Gasteiger partial charge is 0.382 e. The summed E-state index contributed by atoms with van der Waals surface area (Å²) >= 11 is 5.90. The Bertz CT molecular complexity index is 376. The molecule has 0 saturated heterocycles. The van der Waals surface area contributed by atoms with Crippen LogP contribution < -0.4 is 5.32 Å². The minimum Gasteiger partial charge on any atom is -0.382 e. The van der Waals surface area contributed by atoms with Gasteiger partial charge in [-0.05, 0) is 36.5 Å². The monoisotopic (exact) mass is 283 g/mol. The van der Waals surface area contributed by atoms with Gasteiger partial charge in [-0.1, -0.05) is 23.7 Å².